The SMILES string of the molecule is CCCCCC1COC2(CCC(c3ccc(F)cc3)CC2)OC1. The van der Waals surface area contributed by atoms with Crippen molar-refractivity contribution in [1.82, 2.24) is 0 Å². The van der Waals surface area contributed by atoms with E-state index in [0.29, 0.717) is 11.8 Å². The first-order valence-electron chi connectivity index (χ1n) is 9.24. The molecule has 1 saturated carbocycles. The molecule has 1 aliphatic carbocycles. The summed E-state index contributed by atoms with van der Waals surface area (Å²) in [6, 6.07) is 6.97. The fraction of sp³-hybridized carbons (Fsp3) is 0.700. The van der Waals surface area contributed by atoms with E-state index in [1.165, 1.54) is 31.2 Å². The molecule has 23 heavy (non-hydrogen) atoms. The highest BCUT2D eigenvalue weighted by molar-refractivity contribution is 5.21. The lowest BCUT2D eigenvalue weighted by Gasteiger charge is -2.44. The highest BCUT2D eigenvalue weighted by atomic mass is 19.1. The van der Waals surface area contributed by atoms with Crippen LogP contribution < -0.4 is 0 Å². The van der Waals surface area contributed by atoms with Gasteiger partial charge in [0, 0.05) is 18.8 Å². The van der Waals surface area contributed by atoms with Crippen LogP contribution in [0.4, 0.5) is 4.39 Å². The van der Waals surface area contributed by atoms with Gasteiger partial charge in [-0.25, -0.2) is 4.39 Å². The minimum atomic E-state index is -0.336. The van der Waals surface area contributed by atoms with E-state index >= 15 is 0 Å². The summed E-state index contributed by atoms with van der Waals surface area (Å²) in [5, 5.41) is 0. The van der Waals surface area contributed by atoms with Crippen LogP contribution in [0, 0.1) is 11.7 Å². The lowest BCUT2D eigenvalue weighted by Crippen LogP contribution is -2.46. The molecule has 1 aromatic carbocycles. The Balaban J connectivity index is 1.46. The van der Waals surface area contributed by atoms with E-state index in [9.17, 15) is 4.39 Å². The minimum Gasteiger partial charge on any atom is -0.350 e. The van der Waals surface area contributed by atoms with Crippen LogP contribution in [0.1, 0.15) is 69.8 Å². The molecule has 2 fully saturated rings. The first kappa shape index (κ1) is 16.9. The topological polar surface area (TPSA) is 18.5 Å². The van der Waals surface area contributed by atoms with Crippen molar-refractivity contribution in [3.63, 3.8) is 0 Å². The van der Waals surface area contributed by atoms with Gasteiger partial charge in [-0.15, -0.1) is 0 Å². The van der Waals surface area contributed by atoms with Gasteiger partial charge in [0.2, 0.25) is 0 Å². The molecule has 3 heteroatoms. The second-order valence-electron chi connectivity index (χ2n) is 7.22. The number of halogens is 1. The van der Waals surface area contributed by atoms with Crippen molar-refractivity contribution in [2.45, 2.75) is 70.0 Å². The van der Waals surface area contributed by atoms with E-state index in [-0.39, 0.29) is 11.6 Å². The molecule has 2 nitrogen and oxygen atoms in total. The zero-order chi connectivity index (χ0) is 16.1. The number of benzene rings is 1. The molecule has 0 bridgehead atoms. The molecule has 128 valence electrons. The lowest BCUT2D eigenvalue weighted by atomic mass is 9.80. The summed E-state index contributed by atoms with van der Waals surface area (Å²) in [5.41, 5.74) is 1.24. The Morgan fingerprint density at radius 1 is 1.04 bits per heavy atom. The smallest absolute Gasteiger partial charge is 0.168 e. The van der Waals surface area contributed by atoms with E-state index in [1.807, 2.05) is 12.1 Å². The third kappa shape index (κ3) is 4.33. The van der Waals surface area contributed by atoms with E-state index in [4.69, 9.17) is 9.47 Å². The van der Waals surface area contributed by atoms with Crippen molar-refractivity contribution in [2.75, 3.05) is 13.2 Å². The van der Waals surface area contributed by atoms with Gasteiger partial charge in [0.1, 0.15) is 5.82 Å². The molecule has 1 aromatic rings. The first-order chi connectivity index (χ1) is 11.2. The molecule has 3 rings (SSSR count). The van der Waals surface area contributed by atoms with E-state index in [2.05, 4.69) is 6.92 Å². The lowest BCUT2D eigenvalue weighted by molar-refractivity contribution is -0.296. The Morgan fingerprint density at radius 3 is 2.30 bits per heavy atom. The van der Waals surface area contributed by atoms with Crippen molar-refractivity contribution in [3.05, 3.63) is 35.6 Å². The molecule has 1 heterocycles. The van der Waals surface area contributed by atoms with Crippen molar-refractivity contribution in [2.24, 2.45) is 5.92 Å². The average Bonchev–Trinajstić information content (AvgIpc) is 2.59. The Kier molecular flexibility index (Phi) is 5.71. The molecular formula is C20H29FO2. The van der Waals surface area contributed by atoms with Gasteiger partial charge in [0.25, 0.3) is 0 Å². The van der Waals surface area contributed by atoms with Crippen LogP contribution in [0.5, 0.6) is 0 Å². The monoisotopic (exact) mass is 320 g/mol. The minimum absolute atomic E-state index is 0.158. The summed E-state index contributed by atoms with van der Waals surface area (Å²) >= 11 is 0. The van der Waals surface area contributed by atoms with Crippen molar-refractivity contribution in [1.29, 1.82) is 0 Å². The van der Waals surface area contributed by atoms with Crippen molar-refractivity contribution in [3.8, 4) is 0 Å². The Hall–Kier alpha value is -0.930. The quantitative estimate of drug-likeness (QED) is 0.674. The Labute approximate surface area is 139 Å². The molecular weight excluding hydrogens is 291 g/mol. The van der Waals surface area contributed by atoms with Gasteiger partial charge in [-0.1, -0.05) is 38.3 Å². The second kappa shape index (κ2) is 7.76. The molecule has 0 unspecified atom stereocenters. The molecule has 1 spiro atoms. The molecule has 2 aliphatic rings. The summed E-state index contributed by atoms with van der Waals surface area (Å²) in [7, 11) is 0. The maximum atomic E-state index is 13.0. The van der Waals surface area contributed by atoms with Crippen molar-refractivity contribution < 1.29 is 13.9 Å². The van der Waals surface area contributed by atoms with E-state index in [0.717, 1.165) is 38.9 Å². The normalized spacial score (nSPS) is 31.4. The Bertz CT molecular complexity index is 467. The molecule has 0 atom stereocenters. The van der Waals surface area contributed by atoms with Crippen LogP contribution in [0.15, 0.2) is 24.3 Å². The zero-order valence-electron chi connectivity index (χ0n) is 14.2. The number of unbranched alkanes of at least 4 members (excludes halogenated alkanes) is 2. The summed E-state index contributed by atoms with van der Waals surface area (Å²) in [6.07, 6.45) is 9.12. The summed E-state index contributed by atoms with van der Waals surface area (Å²) < 4.78 is 25.4. The van der Waals surface area contributed by atoms with Gasteiger partial charge < -0.3 is 9.47 Å². The van der Waals surface area contributed by atoms with Gasteiger partial charge in [0.15, 0.2) is 5.79 Å². The van der Waals surface area contributed by atoms with Crippen LogP contribution in [-0.2, 0) is 9.47 Å². The zero-order valence-corrected chi connectivity index (χ0v) is 14.2. The average molecular weight is 320 g/mol. The van der Waals surface area contributed by atoms with Crippen molar-refractivity contribution >= 4 is 0 Å². The van der Waals surface area contributed by atoms with Crippen LogP contribution in [-0.4, -0.2) is 19.0 Å². The molecule has 1 aliphatic heterocycles. The first-order valence-corrected chi connectivity index (χ1v) is 9.24. The predicted octanol–water partition coefficient (Wildman–Crippen LogP) is 5.42. The van der Waals surface area contributed by atoms with Crippen LogP contribution in [0.25, 0.3) is 0 Å². The number of hydrogen-bond acceptors (Lipinski definition) is 2. The van der Waals surface area contributed by atoms with Crippen LogP contribution in [0.3, 0.4) is 0 Å². The molecule has 1 saturated heterocycles. The molecule has 0 aromatic heterocycles. The van der Waals surface area contributed by atoms with Gasteiger partial charge >= 0.3 is 0 Å². The Morgan fingerprint density at radius 2 is 1.70 bits per heavy atom. The molecule has 0 N–H and O–H groups in total. The summed E-state index contributed by atoms with van der Waals surface area (Å²) in [6.45, 7) is 3.94. The standard InChI is InChI=1S/C20H29FO2/c1-2-3-4-5-16-14-22-20(23-15-16)12-10-18(11-13-20)17-6-8-19(21)9-7-17/h6-9,16,18H,2-5,10-15H2,1H3. The van der Waals surface area contributed by atoms with E-state index < -0.39 is 0 Å². The highest BCUT2D eigenvalue weighted by Crippen LogP contribution is 2.42. The van der Waals surface area contributed by atoms with Gasteiger partial charge in [-0.05, 0) is 42.9 Å². The third-order valence-electron chi connectivity index (χ3n) is 5.47. The third-order valence-corrected chi connectivity index (χ3v) is 5.47. The summed E-state index contributed by atoms with van der Waals surface area (Å²) in [4.78, 5) is 0. The fourth-order valence-corrected chi connectivity index (χ4v) is 3.89. The van der Waals surface area contributed by atoms with E-state index in [1.54, 1.807) is 12.1 Å². The predicted molar refractivity (Wildman–Crippen MR) is 89.9 cm³/mol. The number of hydrogen-bond donors (Lipinski definition) is 0. The highest BCUT2D eigenvalue weighted by Gasteiger charge is 2.41. The van der Waals surface area contributed by atoms with Crippen LogP contribution in [0.2, 0.25) is 0 Å². The maximum absolute atomic E-state index is 13.0. The molecule has 0 amide bonds. The second-order valence-corrected chi connectivity index (χ2v) is 7.22. The van der Waals surface area contributed by atoms with Crippen LogP contribution >= 0.6 is 0 Å². The fourth-order valence-electron chi connectivity index (χ4n) is 3.89. The summed E-state index contributed by atoms with van der Waals surface area (Å²) in [5.74, 6) is 0.587. The largest absolute Gasteiger partial charge is 0.350 e. The number of ether oxygens (including phenoxy) is 2. The molecule has 0 radical (unpaired) electrons. The van der Waals surface area contributed by atoms with Gasteiger partial charge in [-0.3, -0.25) is 0 Å². The van der Waals surface area contributed by atoms with Gasteiger partial charge in [0.05, 0.1) is 13.2 Å². The maximum Gasteiger partial charge on any atom is 0.168 e. The van der Waals surface area contributed by atoms with Gasteiger partial charge in [-0.2, -0.15) is 0 Å². The number of rotatable bonds is 5.